The lowest BCUT2D eigenvalue weighted by Gasteiger charge is -2.21. The fourth-order valence-corrected chi connectivity index (χ4v) is 4.26. The number of hydrogen-bond donors (Lipinski definition) is 0. The van der Waals surface area contributed by atoms with Crippen molar-refractivity contribution in [1.29, 1.82) is 0 Å². The molecule has 0 unspecified atom stereocenters. The van der Waals surface area contributed by atoms with Crippen molar-refractivity contribution in [1.82, 2.24) is 0 Å². The van der Waals surface area contributed by atoms with Crippen LogP contribution in [0.25, 0.3) is 0 Å². The van der Waals surface area contributed by atoms with Gasteiger partial charge in [0.1, 0.15) is 0 Å². The average Bonchev–Trinajstić information content (AvgIpc) is 2.25. The van der Waals surface area contributed by atoms with Gasteiger partial charge < -0.3 is 0 Å². The third-order valence-electron chi connectivity index (χ3n) is 3.24. The standard InChI is InChI=1S/C15H31ISi/c1-5-6-7-8-9-12-15(17(2,3)4)13-10-11-14-16/h12H,5-11,13-14H2,1-4H3/b15-12-. The summed E-state index contributed by atoms with van der Waals surface area (Å²) in [6.07, 6.45) is 13.6. The van der Waals surface area contributed by atoms with Crippen molar-refractivity contribution in [3.8, 4) is 0 Å². The predicted octanol–water partition coefficient (Wildman–Crippen LogP) is 6.37. The maximum atomic E-state index is 2.59. The maximum absolute atomic E-state index is 2.59. The van der Waals surface area contributed by atoms with Gasteiger partial charge in [-0.3, -0.25) is 0 Å². The summed E-state index contributed by atoms with van der Waals surface area (Å²) in [5.41, 5.74) is 0. The van der Waals surface area contributed by atoms with Crippen LogP contribution < -0.4 is 0 Å². The third-order valence-corrected chi connectivity index (χ3v) is 6.39. The molecule has 0 N–H and O–H groups in total. The Morgan fingerprint density at radius 2 is 1.71 bits per heavy atom. The number of hydrogen-bond acceptors (Lipinski definition) is 0. The Balaban J connectivity index is 4.04. The molecule has 0 atom stereocenters. The van der Waals surface area contributed by atoms with Crippen molar-refractivity contribution < 1.29 is 0 Å². The van der Waals surface area contributed by atoms with Crippen LogP contribution in [-0.4, -0.2) is 12.5 Å². The van der Waals surface area contributed by atoms with E-state index in [-0.39, 0.29) is 0 Å². The Labute approximate surface area is 124 Å². The molecule has 0 aliphatic rings. The minimum atomic E-state index is -1.05. The second kappa shape index (κ2) is 10.6. The first kappa shape index (κ1) is 17.7. The maximum Gasteiger partial charge on any atom is 0.0720 e. The monoisotopic (exact) mass is 366 g/mol. The summed E-state index contributed by atoms with van der Waals surface area (Å²) in [5, 5.41) is 1.82. The van der Waals surface area contributed by atoms with E-state index in [1.54, 1.807) is 0 Å². The fourth-order valence-electron chi connectivity index (χ4n) is 2.04. The van der Waals surface area contributed by atoms with E-state index in [0.717, 1.165) is 0 Å². The molecule has 0 aliphatic heterocycles. The lowest BCUT2D eigenvalue weighted by molar-refractivity contribution is 0.672. The molecule has 17 heavy (non-hydrogen) atoms. The zero-order valence-corrected chi connectivity index (χ0v) is 15.5. The van der Waals surface area contributed by atoms with Gasteiger partial charge in [0.25, 0.3) is 0 Å². The molecule has 0 radical (unpaired) electrons. The van der Waals surface area contributed by atoms with Crippen LogP contribution in [0.1, 0.15) is 58.3 Å². The van der Waals surface area contributed by atoms with E-state index in [9.17, 15) is 0 Å². The second-order valence-corrected chi connectivity index (χ2v) is 12.2. The van der Waals surface area contributed by atoms with Crippen LogP contribution in [0, 0.1) is 0 Å². The van der Waals surface area contributed by atoms with Crippen molar-refractivity contribution in [3.63, 3.8) is 0 Å². The second-order valence-electron chi connectivity index (χ2n) is 5.97. The average molecular weight is 366 g/mol. The van der Waals surface area contributed by atoms with Crippen LogP contribution in [0.15, 0.2) is 11.3 Å². The summed E-state index contributed by atoms with van der Waals surface area (Å²) in [6, 6.07) is 0. The van der Waals surface area contributed by atoms with Crippen molar-refractivity contribution in [2.45, 2.75) is 77.9 Å². The number of unbranched alkanes of at least 4 members (excludes halogenated alkanes) is 5. The van der Waals surface area contributed by atoms with Gasteiger partial charge >= 0.3 is 0 Å². The van der Waals surface area contributed by atoms with E-state index in [1.807, 2.05) is 5.20 Å². The highest BCUT2D eigenvalue weighted by Crippen LogP contribution is 2.22. The minimum absolute atomic E-state index is 1.05. The van der Waals surface area contributed by atoms with Crippen LogP contribution >= 0.6 is 22.6 Å². The first-order chi connectivity index (χ1) is 8.02. The van der Waals surface area contributed by atoms with E-state index in [2.05, 4.69) is 55.2 Å². The molecule has 0 rings (SSSR count). The fraction of sp³-hybridized carbons (Fsp3) is 0.867. The summed E-state index contributed by atoms with van der Waals surface area (Å²) < 4.78 is 1.31. The number of allylic oxidation sites excluding steroid dienone is 2. The van der Waals surface area contributed by atoms with Gasteiger partial charge in [0, 0.05) is 0 Å². The van der Waals surface area contributed by atoms with Crippen LogP contribution in [0.5, 0.6) is 0 Å². The molecular weight excluding hydrogens is 335 g/mol. The summed E-state index contributed by atoms with van der Waals surface area (Å²) in [5.74, 6) is 0. The van der Waals surface area contributed by atoms with Gasteiger partial charge in [0.2, 0.25) is 0 Å². The topological polar surface area (TPSA) is 0 Å². The Bertz CT molecular complexity index is 203. The first-order valence-corrected chi connectivity index (χ1v) is 12.3. The molecule has 0 nitrogen and oxygen atoms in total. The Kier molecular flexibility index (Phi) is 11.0. The molecule has 2 heteroatoms. The zero-order chi connectivity index (χ0) is 13.1. The molecule has 0 saturated carbocycles. The van der Waals surface area contributed by atoms with E-state index >= 15 is 0 Å². The van der Waals surface area contributed by atoms with Crippen LogP contribution in [0.2, 0.25) is 19.6 Å². The van der Waals surface area contributed by atoms with Crippen LogP contribution in [0.3, 0.4) is 0 Å². The molecule has 0 amide bonds. The van der Waals surface area contributed by atoms with Gasteiger partial charge in [-0.2, -0.15) is 0 Å². The molecule has 0 aliphatic carbocycles. The highest BCUT2D eigenvalue weighted by Gasteiger charge is 2.18. The van der Waals surface area contributed by atoms with Gasteiger partial charge in [0.05, 0.1) is 8.07 Å². The molecule has 0 aromatic carbocycles. The van der Waals surface area contributed by atoms with E-state index in [0.29, 0.717) is 0 Å². The summed E-state index contributed by atoms with van der Waals surface area (Å²) >= 11 is 2.49. The highest BCUT2D eigenvalue weighted by molar-refractivity contribution is 14.1. The van der Waals surface area contributed by atoms with Gasteiger partial charge in [-0.15, -0.1) is 0 Å². The Morgan fingerprint density at radius 1 is 1.00 bits per heavy atom. The van der Waals surface area contributed by atoms with Gasteiger partial charge in [-0.25, -0.2) is 0 Å². The number of halogens is 1. The number of alkyl halides is 1. The SMILES string of the molecule is CCCCCC/C=C(/CCCCI)[Si](C)(C)C. The van der Waals surface area contributed by atoms with Gasteiger partial charge in [-0.1, -0.05) is 79.7 Å². The van der Waals surface area contributed by atoms with E-state index in [4.69, 9.17) is 0 Å². The largest absolute Gasteiger partial charge is 0.0892 e. The molecule has 0 heterocycles. The van der Waals surface area contributed by atoms with Gasteiger partial charge in [0.15, 0.2) is 0 Å². The zero-order valence-electron chi connectivity index (χ0n) is 12.3. The molecule has 0 fully saturated rings. The summed E-state index contributed by atoms with van der Waals surface area (Å²) in [7, 11) is -1.05. The highest BCUT2D eigenvalue weighted by atomic mass is 127. The molecule has 0 spiro atoms. The quantitative estimate of drug-likeness (QED) is 0.182. The first-order valence-electron chi connectivity index (χ1n) is 7.27. The Hall–Kier alpha value is 0.687. The van der Waals surface area contributed by atoms with E-state index in [1.165, 1.54) is 55.8 Å². The summed E-state index contributed by atoms with van der Waals surface area (Å²) in [6.45, 7) is 9.77. The summed E-state index contributed by atoms with van der Waals surface area (Å²) in [4.78, 5) is 0. The van der Waals surface area contributed by atoms with Crippen molar-refractivity contribution in [3.05, 3.63) is 11.3 Å². The lowest BCUT2D eigenvalue weighted by Crippen LogP contribution is -2.24. The molecule has 0 bridgehead atoms. The van der Waals surface area contributed by atoms with Crippen LogP contribution in [0.4, 0.5) is 0 Å². The predicted molar refractivity (Wildman–Crippen MR) is 92.9 cm³/mol. The lowest BCUT2D eigenvalue weighted by atomic mass is 10.1. The van der Waals surface area contributed by atoms with Crippen LogP contribution in [-0.2, 0) is 0 Å². The van der Waals surface area contributed by atoms with E-state index < -0.39 is 8.07 Å². The molecule has 0 saturated heterocycles. The minimum Gasteiger partial charge on any atom is -0.0892 e. The van der Waals surface area contributed by atoms with Gasteiger partial charge in [-0.05, 0) is 36.5 Å². The number of rotatable bonds is 10. The van der Waals surface area contributed by atoms with Crippen molar-refractivity contribution in [2.24, 2.45) is 0 Å². The Morgan fingerprint density at radius 3 is 2.24 bits per heavy atom. The third kappa shape index (κ3) is 10.3. The van der Waals surface area contributed by atoms with Crippen molar-refractivity contribution in [2.75, 3.05) is 4.43 Å². The molecule has 0 aromatic heterocycles. The normalized spacial score (nSPS) is 13.1. The molecule has 102 valence electrons. The molecular formula is C15H31ISi. The smallest absolute Gasteiger partial charge is 0.0720 e. The van der Waals surface area contributed by atoms with Crippen molar-refractivity contribution >= 4 is 30.7 Å². The molecule has 0 aromatic rings.